The van der Waals surface area contributed by atoms with E-state index < -0.39 is 5.60 Å². The van der Waals surface area contributed by atoms with E-state index in [1.54, 1.807) is 7.05 Å². The number of carbonyl (C=O) groups is 2. The first kappa shape index (κ1) is 25.3. The molecule has 0 radical (unpaired) electrons. The van der Waals surface area contributed by atoms with Crippen molar-refractivity contribution in [2.45, 2.75) is 84.3 Å². The molecular weight excluding hydrogens is 396 g/mol. The number of amides is 1. The van der Waals surface area contributed by atoms with Crippen molar-refractivity contribution in [2.24, 2.45) is 16.8 Å². The Labute approximate surface area is 187 Å². The van der Waals surface area contributed by atoms with Gasteiger partial charge in [0.2, 0.25) is 0 Å². The van der Waals surface area contributed by atoms with E-state index in [1.165, 1.54) is 0 Å². The normalized spacial score (nSPS) is 25.0. The van der Waals surface area contributed by atoms with Gasteiger partial charge in [0.25, 0.3) is 0 Å². The summed E-state index contributed by atoms with van der Waals surface area (Å²) in [7, 11) is 1.78. The van der Waals surface area contributed by atoms with Crippen LogP contribution in [-0.4, -0.2) is 67.9 Å². The fourth-order valence-corrected chi connectivity index (χ4v) is 4.31. The summed E-state index contributed by atoms with van der Waals surface area (Å²) in [6.45, 7) is 10.3. The molecule has 1 atom stereocenters. The standard InChI is InChI=1S/C23H42N4O4/c1-6-30-20(28)18-9-11-19(12-10-18)26-21(24-5)25-14-13-17-8-7-15-27(16-17)22(29)31-23(2,3)4/h17-19H,6-16H2,1-5H3,(H2,24,25,26). The second-order valence-electron chi connectivity index (χ2n) is 9.67. The highest BCUT2D eigenvalue weighted by Gasteiger charge is 2.29. The predicted molar refractivity (Wildman–Crippen MR) is 122 cm³/mol. The van der Waals surface area contributed by atoms with Crippen molar-refractivity contribution in [1.29, 1.82) is 0 Å². The lowest BCUT2D eigenvalue weighted by molar-refractivity contribution is -0.149. The lowest BCUT2D eigenvalue weighted by Crippen LogP contribution is -2.46. The number of nitrogens with one attached hydrogen (secondary N) is 2. The van der Waals surface area contributed by atoms with Gasteiger partial charge in [0.05, 0.1) is 12.5 Å². The largest absolute Gasteiger partial charge is 0.466 e. The zero-order valence-electron chi connectivity index (χ0n) is 20.0. The molecule has 1 amide bonds. The number of hydrogen-bond donors (Lipinski definition) is 2. The average Bonchev–Trinajstić information content (AvgIpc) is 2.72. The van der Waals surface area contributed by atoms with Crippen LogP contribution >= 0.6 is 0 Å². The van der Waals surface area contributed by atoms with E-state index in [9.17, 15) is 9.59 Å². The van der Waals surface area contributed by atoms with E-state index in [4.69, 9.17) is 9.47 Å². The molecule has 1 aliphatic carbocycles. The first-order chi connectivity index (χ1) is 14.7. The van der Waals surface area contributed by atoms with Crippen LogP contribution in [0.15, 0.2) is 4.99 Å². The number of guanidine groups is 1. The van der Waals surface area contributed by atoms with E-state index in [2.05, 4.69) is 15.6 Å². The molecule has 1 saturated heterocycles. The lowest BCUT2D eigenvalue weighted by Gasteiger charge is -2.34. The molecule has 0 spiro atoms. The van der Waals surface area contributed by atoms with Crippen molar-refractivity contribution in [2.75, 3.05) is 33.3 Å². The second kappa shape index (κ2) is 12.2. The zero-order chi connectivity index (χ0) is 22.9. The zero-order valence-corrected chi connectivity index (χ0v) is 20.0. The Hall–Kier alpha value is -1.99. The van der Waals surface area contributed by atoms with Gasteiger partial charge in [0, 0.05) is 32.7 Å². The number of rotatable bonds is 6. The van der Waals surface area contributed by atoms with E-state index in [0.29, 0.717) is 18.6 Å². The Morgan fingerprint density at radius 3 is 2.45 bits per heavy atom. The number of aliphatic imine (C=N–C) groups is 1. The number of nitrogens with zero attached hydrogens (tertiary/aromatic N) is 2. The van der Waals surface area contributed by atoms with Crippen LogP contribution in [0, 0.1) is 11.8 Å². The summed E-state index contributed by atoms with van der Waals surface area (Å²) in [5.74, 6) is 1.25. The molecule has 178 valence electrons. The Bertz CT molecular complexity index is 609. The molecule has 8 nitrogen and oxygen atoms in total. The molecule has 8 heteroatoms. The summed E-state index contributed by atoms with van der Waals surface area (Å²) in [5.41, 5.74) is -0.459. The van der Waals surface area contributed by atoms with Gasteiger partial charge < -0.3 is 25.0 Å². The monoisotopic (exact) mass is 438 g/mol. The minimum atomic E-state index is -0.459. The van der Waals surface area contributed by atoms with Gasteiger partial charge >= 0.3 is 12.1 Å². The summed E-state index contributed by atoms with van der Waals surface area (Å²) in [5, 5.41) is 6.90. The summed E-state index contributed by atoms with van der Waals surface area (Å²) < 4.78 is 10.7. The molecule has 2 fully saturated rings. The van der Waals surface area contributed by atoms with Crippen molar-refractivity contribution < 1.29 is 19.1 Å². The topological polar surface area (TPSA) is 92.3 Å². The number of ether oxygens (including phenoxy) is 2. The molecule has 2 N–H and O–H groups in total. The fraction of sp³-hybridized carbons (Fsp3) is 0.870. The number of likely N-dealkylation sites (tertiary alicyclic amines) is 1. The average molecular weight is 439 g/mol. The molecule has 0 bridgehead atoms. The van der Waals surface area contributed by atoms with Crippen LogP contribution < -0.4 is 10.6 Å². The minimum absolute atomic E-state index is 0.0344. The third kappa shape index (κ3) is 8.95. The van der Waals surface area contributed by atoms with Gasteiger partial charge in [-0.2, -0.15) is 0 Å². The Morgan fingerprint density at radius 2 is 1.84 bits per heavy atom. The van der Waals surface area contributed by atoms with Crippen molar-refractivity contribution in [1.82, 2.24) is 15.5 Å². The predicted octanol–water partition coefficient (Wildman–Crippen LogP) is 3.31. The molecule has 1 saturated carbocycles. The summed E-state index contributed by atoms with van der Waals surface area (Å²) in [4.78, 5) is 30.4. The highest BCUT2D eigenvalue weighted by Crippen LogP contribution is 2.25. The van der Waals surface area contributed by atoms with Gasteiger partial charge in [-0.1, -0.05) is 0 Å². The highest BCUT2D eigenvalue weighted by atomic mass is 16.6. The summed E-state index contributed by atoms with van der Waals surface area (Å²) in [6.07, 6.45) is 6.52. The maximum absolute atomic E-state index is 12.3. The molecule has 1 heterocycles. The van der Waals surface area contributed by atoms with Crippen LogP contribution in [0.3, 0.4) is 0 Å². The van der Waals surface area contributed by atoms with Gasteiger partial charge in [-0.25, -0.2) is 4.79 Å². The molecular formula is C23H42N4O4. The van der Waals surface area contributed by atoms with E-state index in [-0.39, 0.29) is 18.0 Å². The summed E-state index contributed by atoms with van der Waals surface area (Å²) >= 11 is 0. The van der Waals surface area contributed by atoms with Crippen LogP contribution in [0.5, 0.6) is 0 Å². The minimum Gasteiger partial charge on any atom is -0.466 e. The van der Waals surface area contributed by atoms with Gasteiger partial charge in [0.1, 0.15) is 5.60 Å². The van der Waals surface area contributed by atoms with Crippen molar-refractivity contribution in [3.8, 4) is 0 Å². The van der Waals surface area contributed by atoms with Crippen LogP contribution in [0.25, 0.3) is 0 Å². The molecule has 0 aromatic rings. The van der Waals surface area contributed by atoms with Crippen LogP contribution in [0.4, 0.5) is 4.79 Å². The van der Waals surface area contributed by atoms with Crippen molar-refractivity contribution >= 4 is 18.0 Å². The van der Waals surface area contributed by atoms with Crippen molar-refractivity contribution in [3.05, 3.63) is 0 Å². The van der Waals surface area contributed by atoms with Gasteiger partial charge in [-0.3, -0.25) is 9.79 Å². The molecule has 2 aliphatic rings. The number of piperidine rings is 1. The van der Waals surface area contributed by atoms with Crippen LogP contribution in [-0.2, 0) is 14.3 Å². The highest BCUT2D eigenvalue weighted by molar-refractivity contribution is 5.80. The number of carbonyl (C=O) groups excluding carboxylic acids is 2. The van der Waals surface area contributed by atoms with Crippen LogP contribution in [0.1, 0.15) is 72.6 Å². The van der Waals surface area contributed by atoms with E-state index >= 15 is 0 Å². The molecule has 31 heavy (non-hydrogen) atoms. The maximum atomic E-state index is 12.3. The SMILES string of the molecule is CCOC(=O)C1CCC(NC(=NC)NCCC2CCCN(C(=O)OC(C)(C)C)C2)CC1. The third-order valence-electron chi connectivity index (χ3n) is 5.93. The van der Waals surface area contributed by atoms with Crippen molar-refractivity contribution in [3.63, 3.8) is 0 Å². The van der Waals surface area contributed by atoms with Crippen LogP contribution in [0.2, 0.25) is 0 Å². The molecule has 0 aromatic heterocycles. The first-order valence-corrected chi connectivity index (χ1v) is 11.8. The number of hydrogen-bond acceptors (Lipinski definition) is 5. The van der Waals surface area contributed by atoms with Gasteiger partial charge in [-0.05, 0) is 78.6 Å². The first-order valence-electron chi connectivity index (χ1n) is 11.8. The van der Waals surface area contributed by atoms with Gasteiger partial charge in [-0.15, -0.1) is 0 Å². The van der Waals surface area contributed by atoms with Gasteiger partial charge in [0.15, 0.2) is 5.96 Å². The molecule has 1 unspecified atom stereocenters. The molecule has 1 aliphatic heterocycles. The smallest absolute Gasteiger partial charge is 0.410 e. The summed E-state index contributed by atoms with van der Waals surface area (Å²) in [6, 6.07) is 0.328. The molecule has 2 rings (SSSR count). The maximum Gasteiger partial charge on any atom is 0.410 e. The molecule has 0 aromatic carbocycles. The second-order valence-corrected chi connectivity index (χ2v) is 9.67. The Kier molecular flexibility index (Phi) is 9.91. The Morgan fingerprint density at radius 1 is 1.13 bits per heavy atom. The van der Waals surface area contributed by atoms with E-state index in [0.717, 1.165) is 70.5 Å². The fourth-order valence-electron chi connectivity index (χ4n) is 4.31. The van der Waals surface area contributed by atoms with E-state index in [1.807, 2.05) is 32.6 Å². The quantitative estimate of drug-likeness (QED) is 0.375. The number of esters is 1. The Balaban J connectivity index is 1.69. The third-order valence-corrected chi connectivity index (χ3v) is 5.93. The lowest BCUT2D eigenvalue weighted by atomic mass is 9.86.